The Bertz CT molecular complexity index is 182. The Morgan fingerprint density at radius 2 is 2.33 bits per heavy atom. The second-order valence-corrected chi connectivity index (χ2v) is 4.35. The highest BCUT2D eigenvalue weighted by atomic mass is 32.2. The van der Waals surface area contributed by atoms with Gasteiger partial charge in [-0.2, -0.15) is 11.8 Å². The van der Waals surface area contributed by atoms with Crippen molar-refractivity contribution in [1.29, 1.82) is 0 Å². The molecule has 0 spiro atoms. The molecule has 1 fully saturated rings. The SMILES string of the molecule is CSCC(C)(NC1CC1)C(=O)O. The van der Waals surface area contributed by atoms with Crippen LogP contribution in [0.5, 0.6) is 0 Å². The van der Waals surface area contributed by atoms with Crippen LogP contribution in [0, 0.1) is 0 Å². The van der Waals surface area contributed by atoms with Gasteiger partial charge in [0, 0.05) is 11.8 Å². The molecule has 0 amide bonds. The van der Waals surface area contributed by atoms with Crippen molar-refractivity contribution in [3.8, 4) is 0 Å². The zero-order chi connectivity index (χ0) is 9.19. The van der Waals surface area contributed by atoms with Crippen molar-refractivity contribution < 1.29 is 9.90 Å². The number of hydrogen-bond acceptors (Lipinski definition) is 3. The van der Waals surface area contributed by atoms with Gasteiger partial charge in [0.1, 0.15) is 5.54 Å². The van der Waals surface area contributed by atoms with E-state index in [1.165, 1.54) is 0 Å². The normalized spacial score (nSPS) is 21.8. The Kier molecular flexibility index (Phi) is 3.01. The van der Waals surface area contributed by atoms with E-state index in [-0.39, 0.29) is 0 Å². The smallest absolute Gasteiger partial charge is 0.324 e. The lowest BCUT2D eigenvalue weighted by Gasteiger charge is -2.25. The summed E-state index contributed by atoms with van der Waals surface area (Å²) in [5.41, 5.74) is -0.736. The fourth-order valence-electron chi connectivity index (χ4n) is 1.13. The predicted octanol–water partition coefficient (Wildman–Crippen LogP) is 0.945. The molecule has 70 valence electrons. The third-order valence-electron chi connectivity index (χ3n) is 2.01. The molecule has 0 aromatic carbocycles. The van der Waals surface area contributed by atoms with E-state index in [9.17, 15) is 4.79 Å². The van der Waals surface area contributed by atoms with Gasteiger partial charge in [-0.3, -0.25) is 10.1 Å². The molecule has 2 N–H and O–H groups in total. The first-order valence-corrected chi connectivity index (χ1v) is 5.48. The van der Waals surface area contributed by atoms with Crippen molar-refractivity contribution >= 4 is 17.7 Å². The first kappa shape index (κ1) is 9.86. The highest BCUT2D eigenvalue weighted by molar-refractivity contribution is 7.98. The molecule has 1 aliphatic carbocycles. The third-order valence-corrected chi connectivity index (χ3v) is 2.87. The van der Waals surface area contributed by atoms with Gasteiger partial charge in [-0.15, -0.1) is 0 Å². The second kappa shape index (κ2) is 3.66. The fourth-order valence-corrected chi connectivity index (χ4v) is 1.92. The molecule has 1 rings (SSSR count). The topological polar surface area (TPSA) is 49.3 Å². The largest absolute Gasteiger partial charge is 0.480 e. The number of carboxylic acids is 1. The van der Waals surface area contributed by atoms with Gasteiger partial charge in [-0.25, -0.2) is 0 Å². The van der Waals surface area contributed by atoms with Gasteiger partial charge < -0.3 is 5.11 Å². The minimum atomic E-state index is -0.747. The standard InChI is InChI=1S/C8H15NO2S/c1-8(5-12-2,7(10)11)9-6-3-4-6/h6,9H,3-5H2,1-2H3,(H,10,11). The van der Waals surface area contributed by atoms with E-state index in [0.29, 0.717) is 11.8 Å². The van der Waals surface area contributed by atoms with Crippen LogP contribution in [0.1, 0.15) is 19.8 Å². The molecule has 0 bridgehead atoms. The number of aliphatic carboxylic acids is 1. The highest BCUT2D eigenvalue weighted by Crippen LogP contribution is 2.24. The van der Waals surface area contributed by atoms with E-state index >= 15 is 0 Å². The summed E-state index contributed by atoms with van der Waals surface area (Å²) < 4.78 is 0. The van der Waals surface area contributed by atoms with Crippen molar-refractivity contribution in [2.75, 3.05) is 12.0 Å². The number of thioether (sulfide) groups is 1. The van der Waals surface area contributed by atoms with Crippen LogP contribution < -0.4 is 5.32 Å². The molecular weight excluding hydrogens is 174 g/mol. The highest BCUT2D eigenvalue weighted by Gasteiger charge is 2.37. The van der Waals surface area contributed by atoms with Crippen LogP contribution in [0.15, 0.2) is 0 Å². The Morgan fingerprint density at radius 1 is 1.75 bits per heavy atom. The maximum absolute atomic E-state index is 10.9. The first-order valence-electron chi connectivity index (χ1n) is 4.08. The zero-order valence-corrected chi connectivity index (χ0v) is 8.28. The summed E-state index contributed by atoms with van der Waals surface area (Å²) in [6, 6.07) is 0.443. The van der Waals surface area contributed by atoms with Crippen molar-refractivity contribution in [2.45, 2.75) is 31.3 Å². The van der Waals surface area contributed by atoms with Crippen molar-refractivity contribution in [2.24, 2.45) is 0 Å². The van der Waals surface area contributed by atoms with Gasteiger partial charge in [0.25, 0.3) is 0 Å². The second-order valence-electron chi connectivity index (χ2n) is 3.49. The van der Waals surface area contributed by atoms with Crippen molar-refractivity contribution in [3.63, 3.8) is 0 Å². The summed E-state index contributed by atoms with van der Waals surface area (Å²) in [6.45, 7) is 1.75. The van der Waals surface area contributed by atoms with E-state index in [1.807, 2.05) is 6.26 Å². The summed E-state index contributed by atoms with van der Waals surface area (Å²) in [5, 5.41) is 12.1. The molecule has 1 aliphatic rings. The molecule has 1 atom stereocenters. The average molecular weight is 189 g/mol. The average Bonchev–Trinajstić information content (AvgIpc) is 2.71. The van der Waals surface area contributed by atoms with E-state index in [4.69, 9.17) is 5.11 Å². The Balaban J connectivity index is 2.49. The summed E-state index contributed by atoms with van der Waals surface area (Å²) in [5.74, 6) is -0.123. The summed E-state index contributed by atoms with van der Waals surface area (Å²) in [4.78, 5) is 10.9. The van der Waals surface area contributed by atoms with Gasteiger partial charge in [-0.05, 0) is 26.0 Å². The van der Waals surface area contributed by atoms with Crippen LogP contribution in [-0.4, -0.2) is 34.7 Å². The summed E-state index contributed by atoms with van der Waals surface area (Å²) in [7, 11) is 0. The number of hydrogen-bond donors (Lipinski definition) is 2. The third kappa shape index (κ3) is 2.38. The molecule has 3 nitrogen and oxygen atoms in total. The maximum atomic E-state index is 10.9. The molecular formula is C8H15NO2S. The van der Waals surface area contributed by atoms with Crippen LogP contribution in [0.3, 0.4) is 0 Å². The monoisotopic (exact) mass is 189 g/mol. The molecule has 1 saturated carbocycles. The lowest BCUT2D eigenvalue weighted by atomic mass is 10.1. The number of nitrogens with one attached hydrogen (secondary N) is 1. The molecule has 0 saturated heterocycles. The summed E-state index contributed by atoms with van der Waals surface area (Å²) >= 11 is 1.56. The van der Waals surface area contributed by atoms with Crippen LogP contribution in [0.4, 0.5) is 0 Å². The molecule has 1 unspecified atom stereocenters. The molecule has 0 aromatic heterocycles. The van der Waals surface area contributed by atoms with Gasteiger partial charge in [-0.1, -0.05) is 0 Å². The van der Waals surface area contributed by atoms with Gasteiger partial charge in [0.2, 0.25) is 0 Å². The van der Waals surface area contributed by atoms with E-state index in [2.05, 4.69) is 5.32 Å². The minimum Gasteiger partial charge on any atom is -0.480 e. The van der Waals surface area contributed by atoms with Gasteiger partial charge in [0.15, 0.2) is 0 Å². The van der Waals surface area contributed by atoms with E-state index < -0.39 is 11.5 Å². The fraction of sp³-hybridized carbons (Fsp3) is 0.875. The quantitative estimate of drug-likeness (QED) is 0.676. The van der Waals surface area contributed by atoms with E-state index in [1.54, 1.807) is 18.7 Å². The number of carbonyl (C=O) groups is 1. The van der Waals surface area contributed by atoms with Gasteiger partial charge >= 0.3 is 5.97 Å². The molecule has 0 aromatic rings. The lowest BCUT2D eigenvalue weighted by Crippen LogP contribution is -2.52. The maximum Gasteiger partial charge on any atom is 0.324 e. The van der Waals surface area contributed by atoms with Crippen molar-refractivity contribution in [3.05, 3.63) is 0 Å². The Labute approximate surface area is 76.9 Å². The van der Waals surface area contributed by atoms with E-state index in [0.717, 1.165) is 12.8 Å². The van der Waals surface area contributed by atoms with Crippen LogP contribution in [0.2, 0.25) is 0 Å². The molecule has 12 heavy (non-hydrogen) atoms. The summed E-state index contributed by atoms with van der Waals surface area (Å²) in [6.07, 6.45) is 4.17. The number of rotatable bonds is 5. The molecule has 4 heteroatoms. The zero-order valence-electron chi connectivity index (χ0n) is 7.46. The van der Waals surface area contributed by atoms with Gasteiger partial charge in [0.05, 0.1) is 0 Å². The molecule has 0 aliphatic heterocycles. The van der Waals surface area contributed by atoms with Crippen LogP contribution >= 0.6 is 11.8 Å². The van der Waals surface area contributed by atoms with Crippen LogP contribution in [0.25, 0.3) is 0 Å². The van der Waals surface area contributed by atoms with Crippen LogP contribution in [-0.2, 0) is 4.79 Å². The van der Waals surface area contributed by atoms with Crippen molar-refractivity contribution in [1.82, 2.24) is 5.32 Å². The minimum absolute atomic E-state index is 0.443. The Morgan fingerprint density at radius 3 is 2.67 bits per heavy atom. The molecule has 0 radical (unpaired) electrons. The lowest BCUT2D eigenvalue weighted by molar-refractivity contribution is -0.143. The predicted molar refractivity (Wildman–Crippen MR) is 50.6 cm³/mol. The molecule has 0 heterocycles. The first-order chi connectivity index (χ1) is 5.58. The Hall–Kier alpha value is -0.220. The number of carboxylic acid groups (broad SMARTS) is 1.